The first-order valence-electron chi connectivity index (χ1n) is 8.46. The van der Waals surface area contributed by atoms with Gasteiger partial charge in [-0.05, 0) is 36.2 Å². The Morgan fingerprint density at radius 3 is 2.57 bits per heavy atom. The van der Waals surface area contributed by atoms with Crippen molar-refractivity contribution in [2.75, 3.05) is 26.0 Å². The van der Waals surface area contributed by atoms with Crippen molar-refractivity contribution in [3.05, 3.63) is 58.9 Å². The van der Waals surface area contributed by atoms with E-state index in [9.17, 15) is 21.2 Å². The SMILES string of the molecule is COc1ccc(F)cc1S(=O)(=O)N1CC[C@H](c2ccccc2Cl)S(=O)(=O)CC1. The number of nitrogens with zero attached hydrogens (tertiary/aromatic N) is 1. The van der Waals surface area contributed by atoms with Gasteiger partial charge in [0.05, 0.1) is 18.1 Å². The summed E-state index contributed by atoms with van der Waals surface area (Å²) in [5, 5.41) is -0.588. The maximum atomic E-state index is 13.7. The summed E-state index contributed by atoms with van der Waals surface area (Å²) in [6.07, 6.45) is 0.0446. The molecule has 2 aromatic carbocycles. The van der Waals surface area contributed by atoms with Crippen LogP contribution in [0.1, 0.15) is 17.2 Å². The number of sulfonamides is 1. The summed E-state index contributed by atoms with van der Waals surface area (Å²) in [7, 11) is -6.49. The number of sulfone groups is 1. The molecule has 0 radical (unpaired) electrons. The van der Waals surface area contributed by atoms with Crippen LogP contribution in [0.4, 0.5) is 4.39 Å². The van der Waals surface area contributed by atoms with Gasteiger partial charge in [-0.2, -0.15) is 4.31 Å². The zero-order chi connectivity index (χ0) is 20.5. The van der Waals surface area contributed by atoms with E-state index in [2.05, 4.69) is 0 Å². The first-order valence-corrected chi connectivity index (χ1v) is 12.0. The second kappa shape index (κ2) is 7.98. The third-order valence-electron chi connectivity index (χ3n) is 4.69. The van der Waals surface area contributed by atoms with Gasteiger partial charge in [-0.1, -0.05) is 29.8 Å². The van der Waals surface area contributed by atoms with Crippen LogP contribution in [0.5, 0.6) is 5.75 Å². The summed E-state index contributed by atoms with van der Waals surface area (Å²) in [5.41, 5.74) is 0.451. The minimum atomic E-state index is -4.15. The summed E-state index contributed by atoms with van der Waals surface area (Å²) >= 11 is 6.16. The van der Waals surface area contributed by atoms with Crippen molar-refractivity contribution in [2.45, 2.75) is 16.6 Å². The smallest absolute Gasteiger partial charge is 0.246 e. The lowest BCUT2D eigenvalue weighted by Gasteiger charge is -2.21. The van der Waals surface area contributed by atoms with Gasteiger partial charge in [-0.25, -0.2) is 21.2 Å². The molecule has 1 saturated heterocycles. The molecule has 1 heterocycles. The van der Waals surface area contributed by atoms with E-state index in [4.69, 9.17) is 16.3 Å². The van der Waals surface area contributed by atoms with Gasteiger partial charge in [0.2, 0.25) is 10.0 Å². The first kappa shape index (κ1) is 21.0. The maximum Gasteiger partial charge on any atom is 0.246 e. The quantitative estimate of drug-likeness (QED) is 0.719. The van der Waals surface area contributed by atoms with E-state index in [1.807, 2.05) is 0 Å². The number of hydrogen-bond acceptors (Lipinski definition) is 5. The Kier molecular flexibility index (Phi) is 6.00. The molecule has 0 aromatic heterocycles. The van der Waals surface area contributed by atoms with Gasteiger partial charge in [0.1, 0.15) is 16.5 Å². The second-order valence-corrected chi connectivity index (χ2v) is 11.0. The molecule has 0 spiro atoms. The zero-order valence-electron chi connectivity index (χ0n) is 15.0. The van der Waals surface area contributed by atoms with Gasteiger partial charge in [0.25, 0.3) is 0 Å². The second-order valence-electron chi connectivity index (χ2n) is 6.37. The molecule has 10 heteroatoms. The molecule has 0 unspecified atom stereocenters. The third kappa shape index (κ3) is 4.03. The molecular formula is C18H19ClFNO5S2. The van der Waals surface area contributed by atoms with Gasteiger partial charge in [-0.15, -0.1) is 0 Å². The van der Waals surface area contributed by atoms with E-state index in [1.54, 1.807) is 24.3 Å². The number of ether oxygens (including phenoxy) is 1. The Morgan fingerprint density at radius 1 is 1.18 bits per heavy atom. The molecule has 1 aliphatic rings. The normalized spacial score (nSPS) is 20.5. The van der Waals surface area contributed by atoms with Crippen LogP contribution < -0.4 is 4.74 Å². The number of benzene rings is 2. The first-order chi connectivity index (χ1) is 13.2. The van der Waals surface area contributed by atoms with Gasteiger partial charge in [-0.3, -0.25) is 0 Å². The van der Waals surface area contributed by atoms with Crippen LogP contribution in [0.3, 0.4) is 0 Å². The highest BCUT2D eigenvalue weighted by molar-refractivity contribution is 7.92. The van der Waals surface area contributed by atoms with Crippen molar-refractivity contribution >= 4 is 31.5 Å². The highest BCUT2D eigenvalue weighted by Crippen LogP contribution is 2.36. The summed E-state index contributed by atoms with van der Waals surface area (Å²) in [6.45, 7) is -0.275. The molecule has 0 amide bonds. The van der Waals surface area contributed by atoms with E-state index < -0.39 is 30.9 Å². The van der Waals surface area contributed by atoms with Crippen LogP contribution in [0.2, 0.25) is 5.02 Å². The number of rotatable bonds is 4. The van der Waals surface area contributed by atoms with Crippen molar-refractivity contribution in [3.8, 4) is 5.75 Å². The summed E-state index contributed by atoms with van der Waals surface area (Å²) in [4.78, 5) is -0.330. The van der Waals surface area contributed by atoms with E-state index in [0.717, 1.165) is 16.4 Å². The largest absolute Gasteiger partial charge is 0.495 e. The summed E-state index contributed by atoms with van der Waals surface area (Å²) < 4.78 is 71.4. The van der Waals surface area contributed by atoms with Crippen molar-refractivity contribution < 1.29 is 26.0 Å². The molecule has 0 N–H and O–H groups in total. The van der Waals surface area contributed by atoms with Crippen LogP contribution in [0.25, 0.3) is 0 Å². The average molecular weight is 448 g/mol. The predicted molar refractivity (Wildman–Crippen MR) is 104 cm³/mol. The van der Waals surface area contributed by atoms with E-state index in [0.29, 0.717) is 10.6 Å². The minimum Gasteiger partial charge on any atom is -0.495 e. The number of methoxy groups -OCH3 is 1. The lowest BCUT2D eigenvalue weighted by atomic mass is 10.1. The molecule has 1 aliphatic heterocycles. The monoisotopic (exact) mass is 447 g/mol. The Morgan fingerprint density at radius 2 is 1.89 bits per heavy atom. The van der Waals surface area contributed by atoms with Crippen LogP contribution in [0.15, 0.2) is 47.4 Å². The highest BCUT2D eigenvalue weighted by atomic mass is 35.5. The lowest BCUT2D eigenvalue weighted by Crippen LogP contribution is -2.34. The van der Waals surface area contributed by atoms with Crippen molar-refractivity contribution in [2.24, 2.45) is 0 Å². The zero-order valence-corrected chi connectivity index (χ0v) is 17.4. The molecule has 28 heavy (non-hydrogen) atoms. The molecule has 1 atom stereocenters. The van der Waals surface area contributed by atoms with Gasteiger partial charge < -0.3 is 4.74 Å². The van der Waals surface area contributed by atoms with Gasteiger partial charge in [0, 0.05) is 18.1 Å². The third-order valence-corrected chi connectivity index (χ3v) is 9.07. The average Bonchev–Trinajstić information content (AvgIpc) is 2.80. The Labute approximate surface area is 168 Å². The molecule has 0 saturated carbocycles. The topological polar surface area (TPSA) is 80.8 Å². The van der Waals surface area contributed by atoms with Crippen LogP contribution >= 0.6 is 11.6 Å². The van der Waals surface area contributed by atoms with E-state index in [-0.39, 0.29) is 35.9 Å². The highest BCUT2D eigenvalue weighted by Gasteiger charge is 2.37. The van der Waals surface area contributed by atoms with Crippen molar-refractivity contribution in [1.29, 1.82) is 0 Å². The molecule has 0 aliphatic carbocycles. The molecule has 6 nitrogen and oxygen atoms in total. The van der Waals surface area contributed by atoms with Gasteiger partial charge in [0.15, 0.2) is 9.84 Å². The Bertz CT molecular complexity index is 1090. The molecule has 1 fully saturated rings. The Balaban J connectivity index is 1.97. The van der Waals surface area contributed by atoms with E-state index >= 15 is 0 Å². The minimum absolute atomic E-state index is 0.00356. The molecule has 152 valence electrons. The van der Waals surface area contributed by atoms with Gasteiger partial charge >= 0.3 is 0 Å². The van der Waals surface area contributed by atoms with Crippen LogP contribution in [-0.2, 0) is 19.9 Å². The van der Waals surface area contributed by atoms with E-state index in [1.165, 1.54) is 13.2 Å². The molecule has 0 bridgehead atoms. The van der Waals surface area contributed by atoms with Crippen molar-refractivity contribution in [3.63, 3.8) is 0 Å². The molecule has 2 aromatic rings. The summed E-state index contributed by atoms with van der Waals surface area (Å²) in [5.74, 6) is -1.09. The fourth-order valence-corrected chi connectivity index (χ4v) is 7.13. The molecule has 3 rings (SSSR count). The maximum absolute atomic E-state index is 13.7. The lowest BCUT2D eigenvalue weighted by molar-refractivity contribution is 0.391. The number of hydrogen-bond donors (Lipinski definition) is 0. The predicted octanol–water partition coefficient (Wildman–Crippen LogP) is 3.04. The fourth-order valence-electron chi connectivity index (χ4n) is 3.24. The molecular weight excluding hydrogens is 429 g/mol. The van der Waals surface area contributed by atoms with Crippen LogP contribution in [0, 0.1) is 5.82 Å². The van der Waals surface area contributed by atoms with Crippen LogP contribution in [-0.4, -0.2) is 47.1 Å². The van der Waals surface area contributed by atoms with Crippen molar-refractivity contribution in [1.82, 2.24) is 4.31 Å². The standard InChI is InChI=1S/C18H19ClFNO5S2/c1-26-16-7-6-13(20)12-18(16)28(24,25)21-9-8-17(27(22,23)11-10-21)14-4-2-3-5-15(14)19/h2-7,12,17H,8-11H2,1H3/t17-/m1/s1. The summed E-state index contributed by atoms with van der Waals surface area (Å²) in [6, 6.07) is 9.81. The number of halogens is 2. The Hall–Kier alpha value is -1.68. The fraction of sp³-hybridized carbons (Fsp3) is 0.333.